The molecule has 126 valence electrons. The average Bonchev–Trinajstić information content (AvgIpc) is 2.46. The summed E-state index contributed by atoms with van der Waals surface area (Å²) in [5, 5.41) is 2.63. The van der Waals surface area contributed by atoms with Gasteiger partial charge in [0, 0.05) is 13.1 Å². The van der Waals surface area contributed by atoms with Crippen LogP contribution >= 0.6 is 0 Å². The van der Waals surface area contributed by atoms with Crippen molar-refractivity contribution in [1.29, 1.82) is 0 Å². The third-order valence-corrected chi connectivity index (χ3v) is 3.16. The maximum Gasteiger partial charge on any atom is 0.412 e. The largest absolute Gasteiger partial charge is 0.444 e. The molecule has 1 heterocycles. The molecule has 1 aromatic heterocycles. The number of ether oxygens (including phenoxy) is 1. The third kappa shape index (κ3) is 5.19. The van der Waals surface area contributed by atoms with E-state index in [9.17, 15) is 9.59 Å². The Morgan fingerprint density at radius 2 is 1.79 bits per heavy atom. The van der Waals surface area contributed by atoms with E-state index < -0.39 is 11.7 Å². The van der Waals surface area contributed by atoms with Crippen LogP contribution in [0.5, 0.6) is 0 Å². The number of hydrogen-bond donors (Lipinski definition) is 1. The van der Waals surface area contributed by atoms with Crippen LogP contribution in [0.3, 0.4) is 0 Å². The summed E-state index contributed by atoms with van der Waals surface area (Å²) in [5.74, 6) is -0.215. The zero-order valence-corrected chi connectivity index (χ0v) is 14.4. The highest BCUT2D eigenvalue weighted by atomic mass is 16.6. The van der Waals surface area contributed by atoms with E-state index in [1.54, 1.807) is 33.0 Å². The van der Waals surface area contributed by atoms with Crippen molar-refractivity contribution in [3.8, 4) is 0 Å². The lowest BCUT2D eigenvalue weighted by molar-refractivity contribution is 0.0636. The van der Waals surface area contributed by atoms with Crippen LogP contribution in [0.2, 0.25) is 0 Å². The maximum atomic E-state index is 12.0. The van der Waals surface area contributed by atoms with Gasteiger partial charge in [-0.15, -0.1) is 0 Å². The number of Topliss-reactive ketones (excluding diaryl/α,β-unsaturated/α-hetero) is 1. The van der Waals surface area contributed by atoms with E-state index in [-0.39, 0.29) is 11.5 Å². The van der Waals surface area contributed by atoms with Crippen molar-refractivity contribution >= 4 is 17.6 Å². The maximum absolute atomic E-state index is 12.0. The van der Waals surface area contributed by atoms with E-state index in [1.807, 2.05) is 30.3 Å². The van der Waals surface area contributed by atoms with E-state index in [1.165, 1.54) is 6.92 Å². The Kier molecular flexibility index (Phi) is 5.34. The van der Waals surface area contributed by atoms with Crippen LogP contribution in [-0.4, -0.2) is 22.5 Å². The molecule has 2 rings (SSSR count). The number of amides is 1. The lowest BCUT2D eigenvalue weighted by atomic mass is 10.1. The van der Waals surface area contributed by atoms with Gasteiger partial charge in [-0.3, -0.25) is 15.1 Å². The molecule has 5 nitrogen and oxygen atoms in total. The number of carbonyl (C=O) groups excluding carboxylic acids is 2. The van der Waals surface area contributed by atoms with Crippen LogP contribution in [0.1, 0.15) is 49.3 Å². The van der Waals surface area contributed by atoms with Gasteiger partial charge >= 0.3 is 6.09 Å². The first-order chi connectivity index (χ1) is 11.2. The van der Waals surface area contributed by atoms with E-state index in [0.717, 1.165) is 11.1 Å². The van der Waals surface area contributed by atoms with Gasteiger partial charge < -0.3 is 4.74 Å². The molecule has 0 saturated carbocycles. The summed E-state index contributed by atoms with van der Waals surface area (Å²) >= 11 is 0. The standard InChI is InChI=1S/C19H22N2O3/c1-13(22)17-16(21-18(23)24-19(2,3)4)11-15(12-20-17)10-14-8-6-5-7-9-14/h5-9,11-12H,10H2,1-4H3,(H,21,23). The number of benzene rings is 1. The summed E-state index contributed by atoms with van der Waals surface area (Å²) in [6.45, 7) is 6.76. The van der Waals surface area contributed by atoms with Crippen molar-refractivity contribution in [2.24, 2.45) is 0 Å². The van der Waals surface area contributed by atoms with Crippen molar-refractivity contribution in [3.05, 3.63) is 59.4 Å². The molecule has 1 N–H and O–H groups in total. The SMILES string of the molecule is CC(=O)c1ncc(Cc2ccccc2)cc1NC(=O)OC(C)(C)C. The van der Waals surface area contributed by atoms with E-state index in [2.05, 4.69) is 10.3 Å². The summed E-state index contributed by atoms with van der Waals surface area (Å²) < 4.78 is 5.25. The fraction of sp³-hybridized carbons (Fsp3) is 0.316. The number of aromatic nitrogens is 1. The molecule has 24 heavy (non-hydrogen) atoms. The van der Waals surface area contributed by atoms with Crippen LogP contribution in [0.25, 0.3) is 0 Å². The molecular weight excluding hydrogens is 304 g/mol. The molecule has 1 amide bonds. The smallest absolute Gasteiger partial charge is 0.412 e. The third-order valence-electron chi connectivity index (χ3n) is 3.16. The van der Waals surface area contributed by atoms with Crippen LogP contribution < -0.4 is 5.32 Å². The minimum atomic E-state index is -0.616. The molecule has 0 fully saturated rings. The van der Waals surface area contributed by atoms with Gasteiger partial charge in [0.25, 0.3) is 0 Å². The van der Waals surface area contributed by atoms with E-state index >= 15 is 0 Å². The van der Waals surface area contributed by atoms with Crippen molar-refractivity contribution in [2.75, 3.05) is 5.32 Å². The number of hydrogen-bond acceptors (Lipinski definition) is 4. The highest BCUT2D eigenvalue weighted by Crippen LogP contribution is 2.19. The summed E-state index contributed by atoms with van der Waals surface area (Å²) in [4.78, 5) is 28.0. The molecule has 0 unspecified atom stereocenters. The minimum Gasteiger partial charge on any atom is -0.444 e. The Labute approximate surface area is 142 Å². The highest BCUT2D eigenvalue weighted by molar-refractivity contribution is 6.01. The van der Waals surface area contributed by atoms with Gasteiger partial charge in [0.2, 0.25) is 0 Å². The number of nitrogens with zero attached hydrogens (tertiary/aromatic N) is 1. The van der Waals surface area contributed by atoms with Crippen molar-refractivity contribution in [2.45, 2.75) is 39.7 Å². The summed E-state index contributed by atoms with van der Waals surface area (Å²) in [7, 11) is 0. The predicted molar refractivity (Wildman–Crippen MR) is 93.3 cm³/mol. The molecule has 0 aliphatic rings. The summed E-state index contributed by atoms with van der Waals surface area (Å²) in [6.07, 6.45) is 1.71. The summed E-state index contributed by atoms with van der Waals surface area (Å²) in [6, 6.07) is 11.7. The van der Waals surface area contributed by atoms with Crippen LogP contribution in [0.4, 0.5) is 10.5 Å². The van der Waals surface area contributed by atoms with Crippen LogP contribution in [-0.2, 0) is 11.2 Å². The molecule has 0 aliphatic carbocycles. The Hall–Kier alpha value is -2.69. The lowest BCUT2D eigenvalue weighted by Gasteiger charge is -2.20. The second kappa shape index (κ2) is 7.25. The number of nitrogens with one attached hydrogen (secondary N) is 1. The highest BCUT2D eigenvalue weighted by Gasteiger charge is 2.19. The minimum absolute atomic E-state index is 0.215. The lowest BCUT2D eigenvalue weighted by Crippen LogP contribution is -2.28. The zero-order chi connectivity index (χ0) is 17.7. The molecule has 5 heteroatoms. The molecule has 0 spiro atoms. The van der Waals surface area contributed by atoms with Gasteiger partial charge in [-0.2, -0.15) is 0 Å². The quantitative estimate of drug-likeness (QED) is 0.854. The van der Waals surface area contributed by atoms with Crippen molar-refractivity contribution in [1.82, 2.24) is 4.98 Å². The van der Waals surface area contributed by atoms with Gasteiger partial charge in [0.1, 0.15) is 11.3 Å². The fourth-order valence-electron chi connectivity index (χ4n) is 2.23. The zero-order valence-electron chi connectivity index (χ0n) is 14.4. The van der Waals surface area contributed by atoms with Gasteiger partial charge in [-0.05, 0) is 44.4 Å². The Morgan fingerprint density at radius 3 is 2.38 bits per heavy atom. The second-order valence-electron chi connectivity index (χ2n) is 6.59. The molecule has 0 saturated heterocycles. The molecule has 2 aromatic rings. The Morgan fingerprint density at radius 1 is 1.12 bits per heavy atom. The first kappa shape index (κ1) is 17.7. The number of ketones is 1. The van der Waals surface area contributed by atoms with Gasteiger partial charge in [-0.25, -0.2) is 4.79 Å². The van der Waals surface area contributed by atoms with Crippen LogP contribution in [0.15, 0.2) is 42.6 Å². The molecule has 0 aliphatic heterocycles. The predicted octanol–water partition coefficient (Wildman–Crippen LogP) is 4.22. The van der Waals surface area contributed by atoms with Gasteiger partial charge in [-0.1, -0.05) is 30.3 Å². The van der Waals surface area contributed by atoms with E-state index in [4.69, 9.17) is 4.74 Å². The second-order valence-corrected chi connectivity index (χ2v) is 6.59. The van der Waals surface area contributed by atoms with Gasteiger partial charge in [0.15, 0.2) is 5.78 Å². The van der Waals surface area contributed by atoms with Crippen molar-refractivity contribution < 1.29 is 14.3 Å². The monoisotopic (exact) mass is 326 g/mol. The topological polar surface area (TPSA) is 68.3 Å². The molecular formula is C19H22N2O3. The number of anilines is 1. The Bertz CT molecular complexity index is 734. The Balaban J connectivity index is 2.25. The summed E-state index contributed by atoms with van der Waals surface area (Å²) in [5.41, 5.74) is 1.99. The van der Waals surface area contributed by atoms with Gasteiger partial charge in [0.05, 0.1) is 5.69 Å². The first-order valence-electron chi connectivity index (χ1n) is 7.78. The average molecular weight is 326 g/mol. The molecule has 0 atom stereocenters. The number of carbonyl (C=O) groups is 2. The number of rotatable bonds is 4. The van der Waals surface area contributed by atoms with E-state index in [0.29, 0.717) is 12.1 Å². The molecule has 0 bridgehead atoms. The first-order valence-corrected chi connectivity index (χ1v) is 7.78. The molecule has 1 aromatic carbocycles. The molecule has 0 radical (unpaired) electrons. The fourth-order valence-corrected chi connectivity index (χ4v) is 2.23. The van der Waals surface area contributed by atoms with Crippen molar-refractivity contribution in [3.63, 3.8) is 0 Å². The number of pyridine rings is 1. The normalized spacial score (nSPS) is 11.0. The van der Waals surface area contributed by atoms with Crippen LogP contribution in [0, 0.1) is 0 Å².